The van der Waals surface area contributed by atoms with Crippen LogP contribution in [0.25, 0.3) is 0 Å². The molecule has 1 amide bonds. The first-order valence-electron chi connectivity index (χ1n) is 9.45. The molecule has 2 aromatic rings. The second kappa shape index (κ2) is 8.41. The first-order valence-corrected chi connectivity index (χ1v) is 10.9. The van der Waals surface area contributed by atoms with Crippen LogP contribution < -0.4 is 5.32 Å². The number of rotatable bonds is 6. The van der Waals surface area contributed by atoms with Crippen molar-refractivity contribution in [1.29, 1.82) is 0 Å². The molecule has 0 aliphatic carbocycles. The molecule has 2 unspecified atom stereocenters. The molecule has 1 N–H and O–H groups in total. The van der Waals surface area contributed by atoms with Gasteiger partial charge in [0.15, 0.2) is 0 Å². The van der Waals surface area contributed by atoms with Gasteiger partial charge in [-0.3, -0.25) is 4.79 Å². The van der Waals surface area contributed by atoms with Crippen molar-refractivity contribution in [1.82, 2.24) is 9.62 Å². The Morgan fingerprint density at radius 3 is 2.36 bits per heavy atom. The molecule has 2 aromatic carbocycles. The number of amides is 1. The van der Waals surface area contributed by atoms with Crippen LogP contribution in [0.2, 0.25) is 0 Å². The molecule has 0 aromatic heterocycles. The van der Waals surface area contributed by atoms with Gasteiger partial charge in [0.05, 0.1) is 10.9 Å². The van der Waals surface area contributed by atoms with Crippen molar-refractivity contribution in [3.8, 4) is 0 Å². The van der Waals surface area contributed by atoms with Crippen molar-refractivity contribution >= 4 is 15.9 Å². The molecule has 3 rings (SSSR count). The van der Waals surface area contributed by atoms with Gasteiger partial charge in [0.25, 0.3) is 0 Å². The summed E-state index contributed by atoms with van der Waals surface area (Å²) in [5.74, 6) is -0.473. The first kappa shape index (κ1) is 20.5. The van der Waals surface area contributed by atoms with Crippen LogP contribution in [0.3, 0.4) is 0 Å². The van der Waals surface area contributed by atoms with Crippen LogP contribution in [0.15, 0.2) is 53.4 Å². The minimum absolute atomic E-state index is 0.113. The highest BCUT2D eigenvalue weighted by Crippen LogP contribution is 2.40. The Labute approximate surface area is 165 Å². The molecule has 7 heteroatoms. The summed E-state index contributed by atoms with van der Waals surface area (Å²) in [4.78, 5) is 11.9. The average Bonchev–Trinajstić information content (AvgIpc) is 3.12. The zero-order valence-corrected chi connectivity index (χ0v) is 16.9. The Morgan fingerprint density at radius 2 is 1.75 bits per heavy atom. The number of aryl methyl sites for hydroxylation is 1. The van der Waals surface area contributed by atoms with Gasteiger partial charge >= 0.3 is 0 Å². The SMILES string of the molecule is CCC(=O)NCC1CCC(c2ccc(F)cc2)N1S(=O)(=O)c1ccc(C)cc1. The molecule has 1 aliphatic heterocycles. The normalized spacial score (nSPS) is 20.2. The van der Waals surface area contributed by atoms with Gasteiger partial charge in [-0.2, -0.15) is 4.31 Å². The van der Waals surface area contributed by atoms with E-state index in [9.17, 15) is 17.6 Å². The average molecular weight is 405 g/mol. The van der Waals surface area contributed by atoms with Crippen LogP contribution in [-0.4, -0.2) is 31.2 Å². The standard InChI is InChI=1S/C21H25FN2O3S/c1-3-21(25)23-14-18-10-13-20(16-6-8-17(22)9-7-16)24(18)28(26,27)19-11-4-15(2)5-12-19/h4-9,11-12,18,20H,3,10,13-14H2,1-2H3,(H,23,25). The van der Waals surface area contributed by atoms with Gasteiger partial charge in [0, 0.05) is 19.0 Å². The zero-order chi connectivity index (χ0) is 20.3. The number of hydrogen-bond donors (Lipinski definition) is 1. The number of benzene rings is 2. The van der Waals surface area contributed by atoms with Gasteiger partial charge in [0.1, 0.15) is 5.82 Å². The maximum Gasteiger partial charge on any atom is 0.243 e. The molecule has 1 fully saturated rings. The Morgan fingerprint density at radius 1 is 1.11 bits per heavy atom. The van der Waals surface area contributed by atoms with E-state index in [1.807, 2.05) is 6.92 Å². The molecule has 0 saturated carbocycles. The van der Waals surface area contributed by atoms with Crippen LogP contribution in [0, 0.1) is 12.7 Å². The molecule has 1 heterocycles. The summed E-state index contributed by atoms with van der Waals surface area (Å²) in [6.45, 7) is 3.91. The second-order valence-corrected chi connectivity index (χ2v) is 8.95. The van der Waals surface area contributed by atoms with E-state index in [1.165, 1.54) is 16.4 Å². The lowest BCUT2D eigenvalue weighted by Gasteiger charge is -2.30. The van der Waals surface area contributed by atoms with E-state index in [4.69, 9.17) is 0 Å². The highest BCUT2D eigenvalue weighted by Gasteiger charge is 2.42. The number of hydrogen-bond acceptors (Lipinski definition) is 3. The Bertz CT molecular complexity index is 927. The molecule has 0 bridgehead atoms. The van der Waals surface area contributed by atoms with E-state index in [2.05, 4.69) is 5.32 Å². The van der Waals surface area contributed by atoms with Gasteiger partial charge in [-0.05, 0) is 49.6 Å². The molecule has 150 valence electrons. The van der Waals surface area contributed by atoms with E-state index in [1.54, 1.807) is 43.3 Å². The maximum atomic E-state index is 13.5. The summed E-state index contributed by atoms with van der Waals surface area (Å²) < 4.78 is 41.8. The monoisotopic (exact) mass is 404 g/mol. The van der Waals surface area contributed by atoms with Gasteiger partial charge in [-0.15, -0.1) is 0 Å². The van der Waals surface area contributed by atoms with Crippen molar-refractivity contribution < 1.29 is 17.6 Å². The number of carbonyl (C=O) groups excluding carboxylic acids is 1. The summed E-state index contributed by atoms with van der Waals surface area (Å²) in [5, 5.41) is 2.81. The minimum atomic E-state index is -3.78. The molecular formula is C21H25FN2O3S. The summed E-state index contributed by atoms with van der Waals surface area (Å²) in [6, 6.07) is 11.9. The van der Waals surface area contributed by atoms with Crippen molar-refractivity contribution in [3.05, 3.63) is 65.5 Å². The van der Waals surface area contributed by atoms with Crippen LogP contribution in [0.5, 0.6) is 0 Å². The quantitative estimate of drug-likeness (QED) is 0.801. The smallest absolute Gasteiger partial charge is 0.243 e. The molecule has 5 nitrogen and oxygen atoms in total. The van der Waals surface area contributed by atoms with Crippen molar-refractivity contribution in [3.63, 3.8) is 0 Å². The summed E-state index contributed by atoms with van der Waals surface area (Å²) >= 11 is 0. The van der Waals surface area contributed by atoms with Gasteiger partial charge in [0.2, 0.25) is 15.9 Å². The fourth-order valence-corrected chi connectivity index (χ4v) is 5.46. The van der Waals surface area contributed by atoms with Crippen molar-refractivity contribution in [2.75, 3.05) is 6.54 Å². The summed E-state index contributed by atoms with van der Waals surface area (Å²) in [5.41, 5.74) is 1.73. The minimum Gasteiger partial charge on any atom is -0.355 e. The van der Waals surface area contributed by atoms with Crippen LogP contribution in [0.4, 0.5) is 4.39 Å². The van der Waals surface area contributed by atoms with Crippen LogP contribution >= 0.6 is 0 Å². The first-order chi connectivity index (χ1) is 13.3. The van der Waals surface area contributed by atoms with E-state index in [-0.39, 0.29) is 29.2 Å². The predicted molar refractivity (Wildman–Crippen MR) is 106 cm³/mol. The fourth-order valence-electron chi connectivity index (χ4n) is 3.60. The third-order valence-corrected chi connectivity index (χ3v) is 7.12. The number of nitrogens with zero attached hydrogens (tertiary/aromatic N) is 1. The maximum absolute atomic E-state index is 13.5. The molecule has 1 saturated heterocycles. The zero-order valence-electron chi connectivity index (χ0n) is 16.1. The van der Waals surface area contributed by atoms with Crippen molar-refractivity contribution in [2.45, 2.75) is 50.1 Å². The van der Waals surface area contributed by atoms with Gasteiger partial charge < -0.3 is 5.32 Å². The van der Waals surface area contributed by atoms with Gasteiger partial charge in [-0.25, -0.2) is 12.8 Å². The Balaban J connectivity index is 1.97. The van der Waals surface area contributed by atoms with E-state index in [0.29, 0.717) is 19.3 Å². The topological polar surface area (TPSA) is 66.5 Å². The van der Waals surface area contributed by atoms with Crippen molar-refractivity contribution in [2.24, 2.45) is 0 Å². The summed E-state index contributed by atoms with van der Waals surface area (Å²) in [7, 11) is -3.78. The van der Waals surface area contributed by atoms with E-state index in [0.717, 1.165) is 11.1 Å². The van der Waals surface area contributed by atoms with Gasteiger partial charge in [-0.1, -0.05) is 36.8 Å². The molecule has 2 atom stereocenters. The van der Waals surface area contributed by atoms with Crippen LogP contribution in [0.1, 0.15) is 43.4 Å². The van der Waals surface area contributed by atoms with E-state index >= 15 is 0 Å². The highest BCUT2D eigenvalue weighted by atomic mass is 32.2. The molecule has 0 spiro atoms. The lowest BCUT2D eigenvalue weighted by atomic mass is 10.1. The number of nitrogens with one attached hydrogen (secondary N) is 1. The largest absolute Gasteiger partial charge is 0.355 e. The Kier molecular flexibility index (Phi) is 6.15. The predicted octanol–water partition coefficient (Wildman–Crippen LogP) is 3.55. The third-order valence-electron chi connectivity index (χ3n) is 5.15. The lowest BCUT2D eigenvalue weighted by molar-refractivity contribution is -0.120. The summed E-state index contributed by atoms with van der Waals surface area (Å²) in [6.07, 6.45) is 1.58. The Hall–Kier alpha value is -2.25. The highest BCUT2D eigenvalue weighted by molar-refractivity contribution is 7.89. The molecule has 28 heavy (non-hydrogen) atoms. The number of halogens is 1. The lowest BCUT2D eigenvalue weighted by Crippen LogP contribution is -2.44. The second-order valence-electron chi connectivity index (χ2n) is 7.10. The fraction of sp³-hybridized carbons (Fsp3) is 0.381. The molecule has 0 radical (unpaired) electrons. The molecule has 1 aliphatic rings. The molecular weight excluding hydrogens is 379 g/mol. The van der Waals surface area contributed by atoms with E-state index < -0.39 is 16.1 Å². The number of carbonyl (C=O) groups is 1. The number of sulfonamides is 1. The third kappa shape index (κ3) is 4.25. The van der Waals surface area contributed by atoms with Crippen LogP contribution in [-0.2, 0) is 14.8 Å².